The third-order valence-corrected chi connectivity index (χ3v) is 10.5. The average molecular weight is 814 g/mol. The van der Waals surface area contributed by atoms with E-state index in [4.69, 9.17) is 19.5 Å². The van der Waals surface area contributed by atoms with Crippen LogP contribution in [-0.2, 0) is 45.9 Å². The fourth-order valence-electron chi connectivity index (χ4n) is 4.26. The van der Waals surface area contributed by atoms with E-state index in [1.807, 2.05) is 0 Å². The van der Waals surface area contributed by atoms with Crippen LogP contribution >= 0.6 is 35.2 Å². The molecule has 29 heteroatoms. The van der Waals surface area contributed by atoms with Gasteiger partial charge in [0.25, 0.3) is 0 Å². The summed E-state index contributed by atoms with van der Waals surface area (Å²) in [5.41, 5.74) is 4.20. The number of phosphoric ester groups is 3. The third-order valence-electron chi connectivity index (χ3n) is 6.72. The minimum atomic E-state index is -5.58. The number of hydrogen-bond acceptors (Lipinski definition) is 18. The van der Waals surface area contributed by atoms with Gasteiger partial charge in [0, 0.05) is 30.7 Å². The van der Waals surface area contributed by atoms with Crippen molar-refractivity contribution in [1.29, 1.82) is 0 Å². The first kappa shape index (κ1) is 42.9. The summed E-state index contributed by atoms with van der Waals surface area (Å²) < 4.78 is 73.8. The van der Waals surface area contributed by atoms with E-state index in [9.17, 15) is 62.3 Å². The smallest absolute Gasteiger partial charge is 0.386 e. The van der Waals surface area contributed by atoms with E-state index in [0.29, 0.717) is 11.8 Å². The number of aromatic nitrogens is 4. The van der Waals surface area contributed by atoms with E-state index >= 15 is 0 Å². The molecule has 288 valence electrons. The highest BCUT2D eigenvalue weighted by atomic mass is 32.2. The van der Waals surface area contributed by atoms with Gasteiger partial charge in [-0.15, -0.1) is 0 Å². The second kappa shape index (κ2) is 17.5. The van der Waals surface area contributed by atoms with E-state index in [1.54, 1.807) is 0 Å². The summed E-state index contributed by atoms with van der Waals surface area (Å²) in [5, 5.41) is 24.3. The minimum absolute atomic E-state index is 0.0112. The number of imidazole rings is 1. The lowest BCUT2D eigenvalue weighted by Crippen LogP contribution is -2.46. The summed E-state index contributed by atoms with van der Waals surface area (Å²) in [6.45, 7) is 0.0971. The molecular weight excluding hydrogens is 778 g/mol. The van der Waals surface area contributed by atoms with E-state index in [1.165, 1.54) is 13.8 Å². The van der Waals surface area contributed by atoms with Crippen LogP contribution in [0.4, 0.5) is 15.0 Å². The Morgan fingerprint density at radius 3 is 2.41 bits per heavy atom. The van der Waals surface area contributed by atoms with Crippen molar-refractivity contribution in [3.05, 3.63) is 12.7 Å². The highest BCUT2D eigenvalue weighted by Gasteiger charge is 2.50. The fraction of sp³-hybridized carbons (Fsp3) is 0.636. The van der Waals surface area contributed by atoms with Crippen LogP contribution in [0.1, 0.15) is 26.5 Å². The Kier molecular flexibility index (Phi) is 14.8. The maximum atomic E-state index is 12.6. The number of thioether (sulfide) groups is 1. The Hall–Kier alpha value is -2.51. The number of carbonyl (C=O) groups excluding carboxylic acids is 3. The molecule has 1 aliphatic rings. The first-order valence-corrected chi connectivity index (χ1v) is 19.7. The topological polar surface area (TPSA) is 364 Å². The summed E-state index contributed by atoms with van der Waals surface area (Å²) in [6.07, 6.45) is -7.08. The predicted molar refractivity (Wildman–Crippen MR) is 169 cm³/mol. The zero-order chi connectivity index (χ0) is 38.4. The molecule has 24 nitrogen and oxygen atoms in total. The molecule has 1 fully saturated rings. The second-order valence-electron chi connectivity index (χ2n) is 11.2. The molecule has 2 aromatic rings. The molecule has 0 saturated carbocycles. The van der Waals surface area contributed by atoms with Crippen LogP contribution < -0.4 is 16.4 Å². The number of rotatable bonds is 19. The number of fused-ring (bicyclic) bond motifs is 1. The molecule has 3 heterocycles. The number of amides is 2. The highest BCUT2D eigenvalue weighted by Crippen LogP contribution is 2.61. The van der Waals surface area contributed by atoms with Crippen molar-refractivity contribution >= 4 is 69.4 Å². The van der Waals surface area contributed by atoms with E-state index < -0.39 is 89.9 Å². The number of hydrogen-bond donors (Lipinski definition) is 9. The van der Waals surface area contributed by atoms with Crippen molar-refractivity contribution in [1.82, 2.24) is 30.2 Å². The molecule has 0 bridgehead atoms. The molecule has 7 atom stereocenters. The van der Waals surface area contributed by atoms with E-state index in [2.05, 4.69) is 34.4 Å². The summed E-state index contributed by atoms with van der Waals surface area (Å²) in [5.74, 6) is -1.64. The van der Waals surface area contributed by atoms with Gasteiger partial charge >= 0.3 is 28.8 Å². The molecule has 1 saturated heterocycles. The quantitative estimate of drug-likeness (QED) is 0.0477. The lowest BCUT2D eigenvalue weighted by atomic mass is 9.87. The van der Waals surface area contributed by atoms with Crippen LogP contribution in [0.2, 0.25) is 0 Å². The van der Waals surface area contributed by atoms with Gasteiger partial charge in [-0.05, 0) is 0 Å². The monoisotopic (exact) mass is 813 g/mol. The van der Waals surface area contributed by atoms with Gasteiger partial charge in [0.15, 0.2) is 17.7 Å². The number of nitrogens with two attached hydrogens (primary N) is 1. The van der Waals surface area contributed by atoms with Crippen molar-refractivity contribution in [3.8, 4) is 0 Å². The fourth-order valence-corrected chi connectivity index (χ4v) is 7.46. The van der Waals surface area contributed by atoms with Crippen LogP contribution in [0, 0.1) is 5.41 Å². The maximum absolute atomic E-state index is 12.6. The summed E-state index contributed by atoms with van der Waals surface area (Å²) in [6, 6.07) is 0. The summed E-state index contributed by atoms with van der Waals surface area (Å²) >= 11 is 0.358. The molecule has 2 unspecified atom stereocenters. The number of phosphoric acid groups is 3. The molecule has 0 aliphatic carbocycles. The molecule has 2 aromatic heterocycles. The Labute approximate surface area is 291 Å². The molecule has 2 amide bonds. The number of nitrogens with zero attached hydrogens (tertiary/aromatic N) is 4. The van der Waals surface area contributed by atoms with Gasteiger partial charge in [0.1, 0.15) is 36.3 Å². The molecule has 0 spiro atoms. The van der Waals surface area contributed by atoms with Gasteiger partial charge in [-0.1, -0.05) is 25.6 Å². The van der Waals surface area contributed by atoms with E-state index in [-0.39, 0.29) is 42.2 Å². The molecule has 0 aromatic carbocycles. The summed E-state index contributed by atoms with van der Waals surface area (Å²) in [4.78, 5) is 85.0. The van der Waals surface area contributed by atoms with Crippen molar-refractivity contribution in [3.63, 3.8) is 0 Å². The minimum Gasteiger partial charge on any atom is -0.386 e. The SMILES string of the molecule is CC(C)(COP(=O)(O)OP(=O)(O)OC[C@H]1O[C@@H](n2cnc3c(N)ncnc32)[C@H](O)[C@@H]1OP(=O)(O)O)[C@@H](O)C(=O)NCCC(=O)NCCSC(=O)F. The first-order chi connectivity index (χ1) is 23.5. The molecular formula is C22H35FN7O17P3S. The van der Waals surface area contributed by atoms with Crippen LogP contribution in [0.3, 0.4) is 0 Å². The number of carbonyl (C=O) groups is 3. The Bertz CT molecular complexity index is 1720. The maximum Gasteiger partial charge on any atom is 0.481 e. The van der Waals surface area contributed by atoms with Crippen LogP contribution in [-0.4, -0.2) is 123 Å². The Morgan fingerprint density at radius 1 is 1.10 bits per heavy atom. The lowest BCUT2D eigenvalue weighted by Gasteiger charge is -2.30. The average Bonchev–Trinajstić information content (AvgIpc) is 3.57. The van der Waals surface area contributed by atoms with Gasteiger partial charge < -0.3 is 50.9 Å². The van der Waals surface area contributed by atoms with Gasteiger partial charge in [-0.25, -0.2) is 33.4 Å². The predicted octanol–water partition coefficient (Wildman–Crippen LogP) is -0.772. The summed E-state index contributed by atoms with van der Waals surface area (Å²) in [7, 11) is -16.4. The molecule has 1 aliphatic heterocycles. The lowest BCUT2D eigenvalue weighted by molar-refractivity contribution is -0.137. The Morgan fingerprint density at radius 2 is 1.76 bits per heavy atom. The standard InChI is InChI=1S/C22H35FN7O17P3S/c1-22(2,16(33)19(34)26-4-3-12(31)25-5-6-51-21(23)35)8-44-50(41,42)47-49(39,40)43-7-11-15(46-48(36,37)38)14(32)20(45-11)30-10-29-13-17(24)27-9-28-18(13)30/h9-11,14-16,20,32-33H,3-8H2,1-2H3,(H,25,31)(H,26,34)(H,39,40)(H,41,42)(H2,24,27,28)(H2,36,37,38)/t11-,14-,15-,16+,20-/m1/s1. The number of aliphatic hydroxyl groups is 2. The molecule has 51 heavy (non-hydrogen) atoms. The van der Waals surface area contributed by atoms with Crippen LogP contribution in [0.15, 0.2) is 12.7 Å². The largest absolute Gasteiger partial charge is 0.481 e. The van der Waals surface area contributed by atoms with Gasteiger partial charge in [-0.2, -0.15) is 8.70 Å². The highest BCUT2D eigenvalue weighted by molar-refractivity contribution is 8.13. The first-order valence-electron chi connectivity index (χ1n) is 14.2. The number of anilines is 1. The van der Waals surface area contributed by atoms with Crippen molar-refractivity contribution < 1.29 is 84.9 Å². The number of nitrogens with one attached hydrogen (secondary N) is 2. The van der Waals surface area contributed by atoms with E-state index in [0.717, 1.165) is 17.2 Å². The zero-order valence-electron chi connectivity index (χ0n) is 26.5. The number of aliphatic hydroxyl groups excluding tert-OH is 2. The third kappa shape index (κ3) is 12.8. The second-order valence-corrected chi connectivity index (χ2v) is 16.4. The zero-order valence-corrected chi connectivity index (χ0v) is 30.0. The van der Waals surface area contributed by atoms with Crippen LogP contribution in [0.25, 0.3) is 11.2 Å². The van der Waals surface area contributed by atoms with Crippen molar-refractivity contribution in [2.24, 2.45) is 5.41 Å². The van der Waals surface area contributed by atoms with Gasteiger partial charge in [-0.3, -0.25) is 27.7 Å². The van der Waals surface area contributed by atoms with Crippen molar-refractivity contribution in [2.75, 3.05) is 37.8 Å². The van der Waals surface area contributed by atoms with Gasteiger partial charge in [0.05, 0.1) is 19.5 Å². The Balaban J connectivity index is 1.55. The number of ether oxygens (including phenoxy) is 1. The molecule has 3 rings (SSSR count). The molecule has 0 radical (unpaired) electrons. The molecule has 10 N–H and O–H groups in total. The number of nitrogen functional groups attached to an aromatic ring is 1. The number of halogens is 1. The van der Waals surface area contributed by atoms with Gasteiger partial charge in [0.2, 0.25) is 11.8 Å². The van der Waals surface area contributed by atoms with Crippen molar-refractivity contribution in [2.45, 2.75) is 50.9 Å². The van der Waals surface area contributed by atoms with Crippen LogP contribution in [0.5, 0.6) is 0 Å². The normalized spacial score (nSPS) is 22.6.